The molecule has 49 heavy (non-hydrogen) atoms. The van der Waals surface area contributed by atoms with E-state index in [1.54, 1.807) is 17.7 Å². The predicted molar refractivity (Wildman–Crippen MR) is 206 cm³/mol. The van der Waals surface area contributed by atoms with Crippen molar-refractivity contribution >= 4 is 95.9 Å². The van der Waals surface area contributed by atoms with Gasteiger partial charge in [-0.3, -0.25) is 4.57 Å². The summed E-state index contributed by atoms with van der Waals surface area (Å²) in [5.41, 5.74) is 8.40. The molecule has 0 aliphatic rings. The van der Waals surface area contributed by atoms with Gasteiger partial charge in [0.25, 0.3) is 0 Å². The van der Waals surface area contributed by atoms with Crippen LogP contribution in [-0.4, -0.2) is 24.5 Å². The average molecular weight is 662 g/mol. The van der Waals surface area contributed by atoms with Crippen molar-refractivity contribution in [3.63, 3.8) is 0 Å². The number of fused-ring (bicyclic) bond motifs is 13. The lowest BCUT2D eigenvalue weighted by Gasteiger charge is -2.12. The van der Waals surface area contributed by atoms with Gasteiger partial charge in [0.15, 0.2) is 0 Å². The molecule has 0 radical (unpaired) electrons. The van der Waals surface area contributed by atoms with Crippen LogP contribution >= 0.6 is 22.7 Å². The van der Waals surface area contributed by atoms with E-state index in [0.29, 0.717) is 5.95 Å². The molecule has 7 heteroatoms. The summed E-state index contributed by atoms with van der Waals surface area (Å²) in [5.74, 6) is 0.652. The zero-order chi connectivity index (χ0) is 32.1. The molecule has 0 saturated carbocycles. The Labute approximate surface area is 287 Å². The second-order valence-electron chi connectivity index (χ2n) is 12.3. The Hall–Kier alpha value is -6.02. The fourth-order valence-corrected chi connectivity index (χ4v) is 9.96. The SMILES string of the molecule is c1ccc(-c2ccc(-c3nc(-n4c5ccccc5c5c6c7ncncc7sc6c6c7ccccc7sc6c54)nc4ccccc34)cc2)cc1. The normalized spacial score (nSPS) is 12.1. The molecule has 5 nitrogen and oxygen atoms in total. The van der Waals surface area contributed by atoms with Crippen molar-refractivity contribution in [2.75, 3.05) is 0 Å². The lowest BCUT2D eigenvalue weighted by molar-refractivity contribution is 1.02. The standard InChI is InChI=1S/C42H23N5S2/c1-2-10-24(11-3-1)25-18-20-26(21-19-25)37-27-12-4-7-15-30(27)45-42(46-37)47-31-16-8-5-13-28(31)34-36-38-33(22-43-23-44-38)49-40(36)35-29-14-6-9-17-32(29)48-41(35)39(34)47/h1-23H. The highest BCUT2D eigenvalue weighted by atomic mass is 32.1. The van der Waals surface area contributed by atoms with Gasteiger partial charge in [-0.2, -0.15) is 0 Å². The Kier molecular flexibility index (Phi) is 5.64. The lowest BCUT2D eigenvalue weighted by atomic mass is 10.0. The molecule has 5 aromatic heterocycles. The topological polar surface area (TPSA) is 56.5 Å². The number of rotatable bonds is 3. The molecular formula is C42H23N5S2. The van der Waals surface area contributed by atoms with E-state index < -0.39 is 0 Å². The number of hydrogen-bond acceptors (Lipinski definition) is 6. The van der Waals surface area contributed by atoms with Crippen molar-refractivity contribution in [1.82, 2.24) is 24.5 Å². The minimum Gasteiger partial charge on any atom is -0.276 e. The highest BCUT2D eigenvalue weighted by Crippen LogP contribution is 2.51. The molecule has 11 rings (SSSR count). The summed E-state index contributed by atoms with van der Waals surface area (Å²) in [7, 11) is 0. The highest BCUT2D eigenvalue weighted by Gasteiger charge is 2.26. The maximum atomic E-state index is 5.44. The first-order valence-corrected chi connectivity index (χ1v) is 17.8. The monoisotopic (exact) mass is 661 g/mol. The summed E-state index contributed by atoms with van der Waals surface area (Å²) in [6, 6.07) is 44.9. The maximum Gasteiger partial charge on any atom is 0.235 e. The van der Waals surface area contributed by atoms with Crippen LogP contribution in [0.2, 0.25) is 0 Å². The highest BCUT2D eigenvalue weighted by molar-refractivity contribution is 7.30. The molecule has 228 valence electrons. The Morgan fingerprint density at radius 1 is 0.510 bits per heavy atom. The van der Waals surface area contributed by atoms with Gasteiger partial charge >= 0.3 is 0 Å². The zero-order valence-electron chi connectivity index (χ0n) is 25.8. The first-order chi connectivity index (χ1) is 24.3. The van der Waals surface area contributed by atoms with E-state index in [-0.39, 0.29) is 0 Å². The molecule has 0 bridgehead atoms. The van der Waals surface area contributed by atoms with Crippen LogP contribution < -0.4 is 0 Å². The van der Waals surface area contributed by atoms with Crippen LogP contribution in [0.15, 0.2) is 140 Å². The largest absolute Gasteiger partial charge is 0.276 e. The molecule has 0 unspecified atom stereocenters. The fourth-order valence-electron chi connectivity index (χ4n) is 7.44. The molecule has 6 aromatic carbocycles. The number of para-hydroxylation sites is 2. The van der Waals surface area contributed by atoms with Crippen LogP contribution in [0.5, 0.6) is 0 Å². The molecular weight excluding hydrogens is 639 g/mol. The average Bonchev–Trinajstić information content (AvgIpc) is 3.85. The van der Waals surface area contributed by atoms with Crippen molar-refractivity contribution in [3.05, 3.63) is 140 Å². The van der Waals surface area contributed by atoms with Crippen LogP contribution in [0.1, 0.15) is 0 Å². The first-order valence-electron chi connectivity index (χ1n) is 16.1. The first kappa shape index (κ1) is 27.0. The quantitative estimate of drug-likeness (QED) is 0.189. The van der Waals surface area contributed by atoms with E-state index in [1.165, 1.54) is 46.8 Å². The van der Waals surface area contributed by atoms with E-state index in [4.69, 9.17) is 15.0 Å². The Balaban J connectivity index is 1.29. The number of hydrogen-bond donors (Lipinski definition) is 0. The second kappa shape index (κ2) is 10.2. The molecule has 11 aromatic rings. The molecule has 0 aliphatic carbocycles. The number of aromatic nitrogens is 5. The van der Waals surface area contributed by atoms with Gasteiger partial charge in [0.2, 0.25) is 5.95 Å². The number of thiophene rings is 2. The van der Waals surface area contributed by atoms with Crippen molar-refractivity contribution in [2.24, 2.45) is 0 Å². The zero-order valence-corrected chi connectivity index (χ0v) is 27.5. The minimum atomic E-state index is 0.652. The predicted octanol–water partition coefficient (Wildman–Crippen LogP) is 11.6. The van der Waals surface area contributed by atoms with Crippen molar-refractivity contribution in [1.29, 1.82) is 0 Å². The third-order valence-corrected chi connectivity index (χ3v) is 11.9. The molecule has 0 N–H and O–H groups in total. The van der Waals surface area contributed by atoms with E-state index in [2.05, 4.69) is 131 Å². The van der Waals surface area contributed by atoms with Crippen molar-refractivity contribution in [3.8, 4) is 28.3 Å². The molecule has 5 heterocycles. The van der Waals surface area contributed by atoms with Gasteiger partial charge in [-0.05, 0) is 29.3 Å². The Morgan fingerprint density at radius 3 is 2.08 bits per heavy atom. The summed E-state index contributed by atoms with van der Waals surface area (Å²) < 4.78 is 7.11. The second-order valence-corrected chi connectivity index (χ2v) is 14.4. The van der Waals surface area contributed by atoms with Gasteiger partial charge in [0.1, 0.15) is 6.33 Å². The van der Waals surface area contributed by atoms with Crippen molar-refractivity contribution < 1.29 is 0 Å². The van der Waals surface area contributed by atoms with Crippen LogP contribution in [0.25, 0.3) is 102 Å². The van der Waals surface area contributed by atoms with Gasteiger partial charge < -0.3 is 0 Å². The molecule has 0 aliphatic heterocycles. The molecule has 0 amide bonds. The Morgan fingerprint density at radius 2 is 1.20 bits per heavy atom. The van der Waals surface area contributed by atoms with Gasteiger partial charge in [-0.25, -0.2) is 19.9 Å². The molecule has 0 spiro atoms. The maximum absolute atomic E-state index is 5.44. The van der Waals surface area contributed by atoms with E-state index in [0.717, 1.165) is 48.8 Å². The van der Waals surface area contributed by atoms with Crippen molar-refractivity contribution in [2.45, 2.75) is 0 Å². The molecule has 0 saturated heterocycles. The van der Waals surface area contributed by atoms with Crippen LogP contribution in [0, 0.1) is 0 Å². The third-order valence-electron chi connectivity index (χ3n) is 9.57. The van der Waals surface area contributed by atoms with E-state index in [9.17, 15) is 0 Å². The summed E-state index contributed by atoms with van der Waals surface area (Å²) in [4.78, 5) is 20.0. The Bertz CT molecular complexity index is 3100. The lowest BCUT2D eigenvalue weighted by Crippen LogP contribution is -2.03. The van der Waals surface area contributed by atoms with Gasteiger partial charge in [-0.1, -0.05) is 109 Å². The summed E-state index contributed by atoms with van der Waals surface area (Å²) in [6.07, 6.45) is 3.61. The summed E-state index contributed by atoms with van der Waals surface area (Å²) in [5, 5.41) is 7.04. The van der Waals surface area contributed by atoms with E-state index >= 15 is 0 Å². The number of benzene rings is 6. The fraction of sp³-hybridized carbons (Fsp3) is 0. The van der Waals surface area contributed by atoms with Gasteiger partial charge in [0.05, 0.1) is 37.2 Å². The third kappa shape index (κ3) is 3.85. The van der Waals surface area contributed by atoms with Gasteiger partial charge in [0, 0.05) is 53.5 Å². The number of nitrogens with zero attached hydrogens (tertiary/aromatic N) is 5. The van der Waals surface area contributed by atoms with Gasteiger partial charge in [-0.15, -0.1) is 22.7 Å². The molecule has 0 atom stereocenters. The molecule has 0 fully saturated rings. The van der Waals surface area contributed by atoms with Crippen LogP contribution in [0.3, 0.4) is 0 Å². The van der Waals surface area contributed by atoms with Crippen LogP contribution in [0.4, 0.5) is 0 Å². The smallest absolute Gasteiger partial charge is 0.235 e. The van der Waals surface area contributed by atoms with E-state index in [1.807, 2.05) is 23.6 Å². The summed E-state index contributed by atoms with van der Waals surface area (Å²) >= 11 is 3.62. The minimum absolute atomic E-state index is 0.652. The summed E-state index contributed by atoms with van der Waals surface area (Å²) in [6.45, 7) is 0. The van der Waals surface area contributed by atoms with Crippen LogP contribution in [-0.2, 0) is 0 Å².